The lowest BCUT2D eigenvalue weighted by atomic mass is 9.83. The van der Waals surface area contributed by atoms with Crippen LogP contribution < -0.4 is 5.32 Å². The molecule has 1 aliphatic rings. The quantitative estimate of drug-likeness (QED) is 0.294. The molecule has 3 amide bonds. The highest BCUT2D eigenvalue weighted by Crippen LogP contribution is 2.33. The summed E-state index contributed by atoms with van der Waals surface area (Å²) < 4.78 is 7.44. The van der Waals surface area contributed by atoms with Crippen LogP contribution in [-0.2, 0) is 23.3 Å². The number of carbonyl (C=O) groups excluding carboxylic acids is 3. The first kappa shape index (κ1) is 23.4. The molecule has 0 aliphatic carbocycles. The van der Waals surface area contributed by atoms with Crippen LogP contribution in [0.4, 0.5) is 4.79 Å². The van der Waals surface area contributed by atoms with Crippen molar-refractivity contribution in [2.75, 3.05) is 6.54 Å². The molecule has 7 nitrogen and oxygen atoms in total. The number of imide groups is 1. The Kier molecular flexibility index (Phi) is 6.06. The molecular weight excluding hydrogens is 454 g/mol. The molecule has 0 radical (unpaired) electrons. The van der Waals surface area contributed by atoms with E-state index in [1.807, 2.05) is 91.2 Å². The first-order chi connectivity index (χ1) is 17.4. The maximum atomic E-state index is 13.9. The van der Waals surface area contributed by atoms with Gasteiger partial charge in [0.1, 0.15) is 5.76 Å². The lowest BCUT2D eigenvalue weighted by Gasteiger charge is -2.27. The molecule has 1 saturated heterocycles. The van der Waals surface area contributed by atoms with E-state index in [1.54, 1.807) is 12.3 Å². The average Bonchev–Trinajstić information content (AvgIpc) is 3.56. The second-order valence-corrected chi connectivity index (χ2v) is 9.13. The van der Waals surface area contributed by atoms with E-state index in [0.29, 0.717) is 17.7 Å². The zero-order valence-corrected chi connectivity index (χ0v) is 20.2. The standard InChI is InChI=1S/C29H27N3O4/c1-20-16-25(21(2)31(20)18-24-14-9-15-36-24)26(33)19-32-27(34)29(30-28(32)35,23-12-7-4-8-13-23)17-22-10-5-3-6-11-22/h3-16H,17-19H2,1-2H3,(H,30,35)/t29-/m0/s1. The Balaban J connectivity index is 1.43. The van der Waals surface area contributed by atoms with E-state index in [9.17, 15) is 14.4 Å². The van der Waals surface area contributed by atoms with Crippen LogP contribution in [0.2, 0.25) is 0 Å². The Hall–Kier alpha value is -4.39. The van der Waals surface area contributed by atoms with E-state index in [-0.39, 0.29) is 18.7 Å². The smallest absolute Gasteiger partial charge is 0.325 e. The fourth-order valence-corrected chi connectivity index (χ4v) is 4.93. The van der Waals surface area contributed by atoms with Gasteiger partial charge in [-0.2, -0.15) is 0 Å². The molecule has 182 valence electrons. The van der Waals surface area contributed by atoms with Crippen molar-refractivity contribution in [3.05, 3.63) is 119 Å². The fraction of sp³-hybridized carbons (Fsp3) is 0.207. The lowest BCUT2D eigenvalue weighted by Crippen LogP contribution is -2.46. The van der Waals surface area contributed by atoms with Gasteiger partial charge in [-0.3, -0.25) is 14.5 Å². The lowest BCUT2D eigenvalue weighted by molar-refractivity contribution is -0.131. The van der Waals surface area contributed by atoms with Gasteiger partial charge in [0.15, 0.2) is 11.3 Å². The van der Waals surface area contributed by atoms with Gasteiger partial charge in [-0.15, -0.1) is 0 Å². The molecule has 2 aromatic heterocycles. The molecule has 1 atom stereocenters. The fourth-order valence-electron chi connectivity index (χ4n) is 4.93. The van der Waals surface area contributed by atoms with Crippen LogP contribution in [0.25, 0.3) is 0 Å². The van der Waals surface area contributed by atoms with Crippen molar-refractivity contribution in [3.8, 4) is 0 Å². The van der Waals surface area contributed by atoms with Gasteiger partial charge < -0.3 is 14.3 Å². The Morgan fingerprint density at radius 1 is 0.944 bits per heavy atom. The van der Waals surface area contributed by atoms with Crippen molar-refractivity contribution in [1.82, 2.24) is 14.8 Å². The summed E-state index contributed by atoms with van der Waals surface area (Å²) >= 11 is 0. The first-order valence-corrected chi connectivity index (χ1v) is 11.8. The van der Waals surface area contributed by atoms with E-state index < -0.39 is 17.5 Å². The summed E-state index contributed by atoms with van der Waals surface area (Å²) in [7, 11) is 0. The van der Waals surface area contributed by atoms with Crippen LogP contribution in [-0.4, -0.2) is 33.7 Å². The number of hydrogen-bond acceptors (Lipinski definition) is 4. The SMILES string of the molecule is Cc1cc(C(=O)CN2C(=O)N[C@@](Cc3ccccc3)(c3ccccc3)C2=O)c(C)n1Cc1ccco1. The van der Waals surface area contributed by atoms with Gasteiger partial charge in [-0.25, -0.2) is 4.79 Å². The molecule has 1 N–H and O–H groups in total. The van der Waals surface area contributed by atoms with E-state index in [0.717, 1.165) is 27.6 Å². The Labute approximate surface area is 209 Å². The van der Waals surface area contributed by atoms with Gasteiger partial charge in [0.2, 0.25) is 0 Å². The van der Waals surface area contributed by atoms with Gasteiger partial charge in [-0.1, -0.05) is 60.7 Å². The number of furan rings is 1. The number of nitrogens with one attached hydrogen (secondary N) is 1. The number of hydrogen-bond donors (Lipinski definition) is 1. The summed E-state index contributed by atoms with van der Waals surface area (Å²) in [6.07, 6.45) is 1.90. The molecule has 0 bridgehead atoms. The van der Waals surface area contributed by atoms with Gasteiger partial charge in [0.05, 0.1) is 19.4 Å². The summed E-state index contributed by atoms with van der Waals surface area (Å²) in [6.45, 7) is 3.94. The van der Waals surface area contributed by atoms with Crippen LogP contribution in [0.15, 0.2) is 89.5 Å². The molecule has 4 aromatic rings. The highest BCUT2D eigenvalue weighted by Gasteiger charge is 2.52. The van der Waals surface area contributed by atoms with Crippen molar-refractivity contribution in [2.24, 2.45) is 0 Å². The Bertz CT molecular complexity index is 1410. The second kappa shape index (κ2) is 9.34. The van der Waals surface area contributed by atoms with Crippen molar-refractivity contribution in [2.45, 2.75) is 32.4 Å². The molecule has 0 spiro atoms. The molecule has 36 heavy (non-hydrogen) atoms. The van der Waals surface area contributed by atoms with Crippen molar-refractivity contribution >= 4 is 17.7 Å². The predicted octanol–water partition coefficient (Wildman–Crippen LogP) is 4.62. The van der Waals surface area contributed by atoms with Gasteiger partial charge >= 0.3 is 6.03 Å². The van der Waals surface area contributed by atoms with Crippen molar-refractivity contribution in [3.63, 3.8) is 0 Å². The largest absolute Gasteiger partial charge is 0.467 e. The zero-order valence-electron chi connectivity index (χ0n) is 20.2. The van der Waals surface area contributed by atoms with Crippen molar-refractivity contribution in [1.29, 1.82) is 0 Å². The molecule has 0 unspecified atom stereocenters. The molecule has 5 rings (SSSR count). The summed E-state index contributed by atoms with van der Waals surface area (Å²) in [5.41, 5.74) is 2.45. The molecule has 1 fully saturated rings. The number of aryl methyl sites for hydroxylation is 1. The average molecular weight is 482 g/mol. The monoisotopic (exact) mass is 481 g/mol. The molecule has 7 heteroatoms. The van der Waals surface area contributed by atoms with Crippen LogP contribution >= 0.6 is 0 Å². The van der Waals surface area contributed by atoms with Gasteiger partial charge in [0, 0.05) is 23.4 Å². The molecule has 0 saturated carbocycles. The molecular formula is C29H27N3O4. The third kappa shape index (κ3) is 4.13. The van der Waals surface area contributed by atoms with E-state index in [4.69, 9.17) is 4.42 Å². The third-order valence-electron chi connectivity index (χ3n) is 6.82. The number of carbonyl (C=O) groups is 3. The van der Waals surface area contributed by atoms with Gasteiger partial charge in [-0.05, 0) is 43.2 Å². The van der Waals surface area contributed by atoms with Crippen LogP contribution in [0, 0.1) is 13.8 Å². The maximum Gasteiger partial charge on any atom is 0.325 e. The normalized spacial score (nSPS) is 17.4. The Morgan fingerprint density at radius 2 is 1.64 bits per heavy atom. The van der Waals surface area contributed by atoms with Crippen LogP contribution in [0.3, 0.4) is 0 Å². The van der Waals surface area contributed by atoms with E-state index >= 15 is 0 Å². The Morgan fingerprint density at radius 3 is 2.31 bits per heavy atom. The minimum atomic E-state index is -1.28. The van der Waals surface area contributed by atoms with E-state index in [2.05, 4.69) is 5.32 Å². The number of amides is 3. The summed E-state index contributed by atoms with van der Waals surface area (Å²) in [6, 6.07) is 23.7. The number of ketones is 1. The van der Waals surface area contributed by atoms with Crippen LogP contribution in [0.5, 0.6) is 0 Å². The number of Topliss-reactive ketones (excluding diaryl/α,β-unsaturated/α-hetero) is 1. The van der Waals surface area contributed by atoms with Crippen LogP contribution in [0.1, 0.15) is 38.6 Å². The molecule has 3 heterocycles. The summed E-state index contributed by atoms with van der Waals surface area (Å²) in [4.78, 5) is 41.4. The summed E-state index contributed by atoms with van der Waals surface area (Å²) in [5.74, 6) is 0.0552. The van der Waals surface area contributed by atoms with Crippen molar-refractivity contribution < 1.29 is 18.8 Å². The zero-order chi connectivity index (χ0) is 25.3. The number of aromatic nitrogens is 1. The first-order valence-electron chi connectivity index (χ1n) is 11.8. The highest BCUT2D eigenvalue weighted by atomic mass is 16.3. The van der Waals surface area contributed by atoms with Gasteiger partial charge in [0.25, 0.3) is 5.91 Å². The third-order valence-corrected chi connectivity index (χ3v) is 6.82. The highest BCUT2D eigenvalue weighted by molar-refractivity contribution is 6.11. The number of rotatable bonds is 8. The molecule has 1 aliphatic heterocycles. The maximum absolute atomic E-state index is 13.9. The molecule has 2 aromatic carbocycles. The summed E-state index contributed by atoms with van der Waals surface area (Å²) in [5, 5.41) is 2.92. The predicted molar refractivity (Wildman–Crippen MR) is 135 cm³/mol. The number of nitrogens with zero attached hydrogens (tertiary/aromatic N) is 2. The second-order valence-electron chi connectivity index (χ2n) is 9.13. The topological polar surface area (TPSA) is 84.5 Å². The van der Waals surface area contributed by atoms with E-state index in [1.165, 1.54) is 0 Å². The number of benzene rings is 2. The number of urea groups is 1. The minimum Gasteiger partial charge on any atom is -0.467 e. The minimum absolute atomic E-state index is 0.283.